The minimum atomic E-state index is 0.718. The Morgan fingerprint density at radius 1 is 0.870 bits per heavy atom. The molecule has 0 saturated carbocycles. The molecule has 1 aromatic heterocycles. The number of ether oxygens (including phenoxy) is 1. The van der Waals surface area contributed by atoms with Gasteiger partial charge in [0, 0.05) is 22.5 Å². The zero-order valence-corrected chi connectivity index (χ0v) is 13.4. The number of fused-ring (bicyclic) bond motifs is 1. The maximum atomic E-state index is 6.24. The van der Waals surface area contributed by atoms with E-state index in [0.29, 0.717) is 0 Å². The molecular weight excluding hydrogens is 304 g/mol. The van der Waals surface area contributed by atoms with Crippen LogP contribution in [-0.4, -0.2) is 9.59 Å². The first kappa shape index (κ1) is 13.9. The number of nitrogens with zero attached hydrogens (tertiary/aromatic N) is 2. The summed E-state index contributed by atoms with van der Waals surface area (Å²) in [5.41, 5.74) is 2.88. The molecule has 0 amide bonds. The minimum Gasteiger partial charge on any atom is -0.442 e. The highest BCUT2D eigenvalue weighted by atomic mass is 32.1. The van der Waals surface area contributed by atoms with E-state index in [4.69, 9.17) is 4.74 Å². The molecule has 1 heterocycles. The summed E-state index contributed by atoms with van der Waals surface area (Å²) in [6.07, 6.45) is 0. The fourth-order valence-corrected chi connectivity index (χ4v) is 3.16. The lowest BCUT2D eigenvalue weighted by molar-refractivity contribution is 0.499. The summed E-state index contributed by atoms with van der Waals surface area (Å²) >= 11 is 1.27. The van der Waals surface area contributed by atoms with Gasteiger partial charge in [0.15, 0.2) is 0 Å². The van der Waals surface area contributed by atoms with E-state index in [2.05, 4.69) is 40.8 Å². The van der Waals surface area contributed by atoms with Gasteiger partial charge < -0.3 is 4.74 Å². The average Bonchev–Trinajstić information content (AvgIpc) is 3.06. The summed E-state index contributed by atoms with van der Waals surface area (Å²) in [6.45, 7) is 2.05. The van der Waals surface area contributed by atoms with Gasteiger partial charge in [0.05, 0.1) is 0 Å². The molecule has 0 aliphatic carbocycles. The molecule has 0 aliphatic rings. The molecule has 4 heteroatoms. The summed E-state index contributed by atoms with van der Waals surface area (Å²) in [7, 11) is 0. The lowest BCUT2D eigenvalue weighted by atomic mass is 10.1. The van der Waals surface area contributed by atoms with Crippen LogP contribution >= 0.6 is 11.5 Å². The van der Waals surface area contributed by atoms with E-state index < -0.39 is 0 Å². The molecule has 0 radical (unpaired) electrons. The van der Waals surface area contributed by atoms with Gasteiger partial charge in [0.2, 0.25) is 5.06 Å². The largest absolute Gasteiger partial charge is 0.442 e. The molecule has 0 fully saturated rings. The van der Waals surface area contributed by atoms with Crippen molar-refractivity contribution in [1.82, 2.24) is 9.59 Å². The lowest BCUT2D eigenvalue weighted by Gasteiger charge is -2.11. The lowest BCUT2D eigenvalue weighted by Crippen LogP contribution is -1.90. The van der Waals surface area contributed by atoms with Crippen molar-refractivity contribution in [3.63, 3.8) is 0 Å². The van der Waals surface area contributed by atoms with Crippen molar-refractivity contribution in [3.8, 4) is 22.1 Å². The monoisotopic (exact) mass is 318 g/mol. The van der Waals surface area contributed by atoms with Crippen molar-refractivity contribution in [2.24, 2.45) is 0 Å². The molecule has 0 N–H and O–H groups in total. The van der Waals surface area contributed by atoms with Crippen LogP contribution in [0.15, 0.2) is 66.7 Å². The first-order valence-corrected chi connectivity index (χ1v) is 8.14. The summed E-state index contributed by atoms with van der Waals surface area (Å²) in [5.74, 6) is 0.867. The Morgan fingerprint density at radius 2 is 1.65 bits per heavy atom. The van der Waals surface area contributed by atoms with Crippen LogP contribution in [0.4, 0.5) is 0 Å². The Labute approximate surface area is 138 Å². The molecule has 4 aromatic rings. The van der Waals surface area contributed by atoms with E-state index in [1.807, 2.05) is 42.5 Å². The fraction of sp³-hybridized carbons (Fsp3) is 0.0526. The molecule has 0 atom stereocenters. The quantitative estimate of drug-likeness (QED) is 0.503. The Bertz CT molecular complexity index is 963. The molecule has 0 aliphatic heterocycles. The second-order valence-electron chi connectivity index (χ2n) is 5.31. The van der Waals surface area contributed by atoms with Crippen LogP contribution in [-0.2, 0) is 0 Å². The smallest absolute Gasteiger partial charge is 0.228 e. The van der Waals surface area contributed by atoms with Gasteiger partial charge in [0.25, 0.3) is 0 Å². The first-order chi connectivity index (χ1) is 11.3. The molecule has 0 saturated heterocycles. The number of aromatic nitrogens is 2. The maximum absolute atomic E-state index is 6.24. The Kier molecular flexibility index (Phi) is 3.52. The van der Waals surface area contributed by atoms with E-state index in [0.717, 1.165) is 38.4 Å². The standard InChI is InChI=1S/C19H14N2OS/c1-13-11-12-14-7-5-6-10-16(14)18(13)22-19-17(20-21-23-19)15-8-3-2-4-9-15/h2-12H,1H3. The summed E-state index contributed by atoms with van der Waals surface area (Å²) in [5, 5.41) is 7.21. The minimum absolute atomic E-state index is 0.718. The summed E-state index contributed by atoms with van der Waals surface area (Å²) in [6, 6.07) is 22.4. The van der Waals surface area contributed by atoms with Gasteiger partial charge in [-0.3, -0.25) is 0 Å². The van der Waals surface area contributed by atoms with E-state index in [1.54, 1.807) is 0 Å². The van der Waals surface area contributed by atoms with E-state index in [-0.39, 0.29) is 0 Å². The van der Waals surface area contributed by atoms with Crippen LogP contribution in [0.2, 0.25) is 0 Å². The average molecular weight is 318 g/mol. The number of hydrogen-bond acceptors (Lipinski definition) is 4. The number of rotatable bonds is 3. The SMILES string of the molecule is Cc1ccc2ccccc2c1Oc1snnc1-c1ccccc1. The molecule has 4 rings (SSSR count). The zero-order valence-electron chi connectivity index (χ0n) is 12.6. The fourth-order valence-electron chi connectivity index (χ4n) is 2.60. The van der Waals surface area contributed by atoms with Gasteiger partial charge in [0.1, 0.15) is 11.4 Å². The van der Waals surface area contributed by atoms with Crippen LogP contribution in [0.25, 0.3) is 22.0 Å². The molecule has 112 valence electrons. The van der Waals surface area contributed by atoms with Gasteiger partial charge in [-0.05, 0) is 17.9 Å². The van der Waals surface area contributed by atoms with E-state index in [9.17, 15) is 0 Å². The highest BCUT2D eigenvalue weighted by molar-refractivity contribution is 7.08. The maximum Gasteiger partial charge on any atom is 0.228 e. The molecule has 0 bridgehead atoms. The van der Waals surface area contributed by atoms with Gasteiger partial charge in [-0.15, -0.1) is 5.10 Å². The van der Waals surface area contributed by atoms with Gasteiger partial charge >= 0.3 is 0 Å². The van der Waals surface area contributed by atoms with Crippen molar-refractivity contribution in [1.29, 1.82) is 0 Å². The van der Waals surface area contributed by atoms with Crippen LogP contribution < -0.4 is 4.74 Å². The van der Waals surface area contributed by atoms with Crippen molar-refractivity contribution < 1.29 is 4.74 Å². The highest BCUT2D eigenvalue weighted by Gasteiger charge is 2.15. The van der Waals surface area contributed by atoms with Crippen LogP contribution in [0, 0.1) is 6.92 Å². The Balaban J connectivity index is 1.81. The van der Waals surface area contributed by atoms with Crippen molar-refractivity contribution in [2.45, 2.75) is 6.92 Å². The number of benzene rings is 3. The number of aryl methyl sites for hydroxylation is 1. The third-order valence-electron chi connectivity index (χ3n) is 3.78. The van der Waals surface area contributed by atoms with Crippen LogP contribution in [0.5, 0.6) is 10.8 Å². The van der Waals surface area contributed by atoms with Gasteiger partial charge in [-0.1, -0.05) is 71.2 Å². The molecule has 0 unspecified atom stereocenters. The van der Waals surface area contributed by atoms with Crippen molar-refractivity contribution in [2.75, 3.05) is 0 Å². The topological polar surface area (TPSA) is 35.0 Å². The van der Waals surface area contributed by atoms with Gasteiger partial charge in [-0.2, -0.15) is 0 Å². The summed E-state index contributed by atoms with van der Waals surface area (Å²) in [4.78, 5) is 0. The Morgan fingerprint density at radius 3 is 2.52 bits per heavy atom. The second kappa shape index (κ2) is 5.82. The summed E-state index contributed by atoms with van der Waals surface area (Å²) < 4.78 is 10.3. The van der Waals surface area contributed by atoms with E-state index >= 15 is 0 Å². The predicted molar refractivity (Wildman–Crippen MR) is 94.1 cm³/mol. The van der Waals surface area contributed by atoms with Crippen molar-refractivity contribution in [3.05, 3.63) is 72.3 Å². The van der Waals surface area contributed by atoms with Crippen LogP contribution in [0.1, 0.15) is 5.56 Å². The van der Waals surface area contributed by atoms with Crippen molar-refractivity contribution >= 4 is 22.3 Å². The predicted octanol–water partition coefficient (Wildman–Crippen LogP) is 5.46. The number of hydrogen-bond donors (Lipinski definition) is 0. The molecule has 3 nitrogen and oxygen atoms in total. The normalized spacial score (nSPS) is 10.8. The third-order valence-corrected chi connectivity index (χ3v) is 4.38. The highest BCUT2D eigenvalue weighted by Crippen LogP contribution is 2.38. The van der Waals surface area contributed by atoms with Crippen LogP contribution in [0.3, 0.4) is 0 Å². The first-order valence-electron chi connectivity index (χ1n) is 7.37. The molecular formula is C19H14N2OS. The second-order valence-corrected chi connectivity index (χ2v) is 6.03. The molecule has 0 spiro atoms. The Hall–Kier alpha value is -2.72. The molecule has 23 heavy (non-hydrogen) atoms. The third kappa shape index (κ3) is 2.58. The van der Waals surface area contributed by atoms with E-state index in [1.165, 1.54) is 11.5 Å². The molecule has 3 aromatic carbocycles. The zero-order chi connectivity index (χ0) is 15.6. The van der Waals surface area contributed by atoms with Gasteiger partial charge in [-0.25, -0.2) is 0 Å².